The number of rotatable bonds is 4. The molecule has 2 aliphatic heterocycles. The van der Waals surface area contributed by atoms with Crippen LogP contribution in [0.1, 0.15) is 73.0 Å². The van der Waals surface area contributed by atoms with Gasteiger partial charge in [0, 0.05) is 46.6 Å². The Balaban J connectivity index is 1.31. The Hall–Kier alpha value is -3.26. The predicted octanol–water partition coefficient (Wildman–Crippen LogP) is 4.26. The number of aryl methyl sites for hydroxylation is 2. The molecule has 2 bridgehead atoms. The van der Waals surface area contributed by atoms with Gasteiger partial charge in [-0.25, -0.2) is 9.97 Å². The summed E-state index contributed by atoms with van der Waals surface area (Å²) in [6, 6.07) is 5.31. The highest BCUT2D eigenvalue weighted by atomic mass is 15.3. The van der Waals surface area contributed by atoms with Gasteiger partial charge in [-0.2, -0.15) is 9.61 Å². The van der Waals surface area contributed by atoms with Crippen molar-refractivity contribution in [1.29, 1.82) is 0 Å². The maximum absolute atomic E-state index is 6.78. The molecular formula is C26H30N8. The van der Waals surface area contributed by atoms with Gasteiger partial charge >= 0.3 is 0 Å². The molecule has 3 atom stereocenters. The lowest BCUT2D eigenvalue weighted by atomic mass is 9.86. The molecule has 174 valence electrons. The van der Waals surface area contributed by atoms with Crippen molar-refractivity contribution in [1.82, 2.24) is 34.9 Å². The first-order valence-electron chi connectivity index (χ1n) is 12.5. The van der Waals surface area contributed by atoms with Gasteiger partial charge in [-0.1, -0.05) is 6.07 Å². The van der Waals surface area contributed by atoms with Crippen LogP contribution in [0.4, 0.5) is 5.82 Å². The average Bonchev–Trinajstić information content (AvgIpc) is 3.37. The van der Waals surface area contributed by atoms with Gasteiger partial charge in [0.1, 0.15) is 11.5 Å². The largest absolute Gasteiger partial charge is 0.383 e. The van der Waals surface area contributed by atoms with E-state index in [1.165, 1.54) is 36.9 Å². The number of aromatic amines is 1. The molecule has 1 saturated carbocycles. The number of pyridine rings is 1. The Morgan fingerprint density at radius 2 is 1.76 bits per heavy atom. The zero-order valence-corrected chi connectivity index (χ0v) is 19.7. The van der Waals surface area contributed by atoms with Gasteiger partial charge in [0.25, 0.3) is 0 Å². The zero-order valence-electron chi connectivity index (χ0n) is 19.7. The van der Waals surface area contributed by atoms with Crippen LogP contribution in [-0.2, 0) is 0 Å². The van der Waals surface area contributed by atoms with Crippen molar-refractivity contribution >= 4 is 11.5 Å². The third-order valence-corrected chi connectivity index (χ3v) is 8.04. The van der Waals surface area contributed by atoms with E-state index < -0.39 is 0 Å². The maximum Gasteiger partial charge on any atom is 0.165 e. The van der Waals surface area contributed by atoms with Gasteiger partial charge in [-0.15, -0.1) is 0 Å². The average molecular weight is 455 g/mol. The molecule has 4 N–H and O–H groups in total. The number of nitrogen functional groups attached to an aromatic ring is 1. The molecule has 1 aliphatic carbocycles. The van der Waals surface area contributed by atoms with Gasteiger partial charge in [0.2, 0.25) is 0 Å². The van der Waals surface area contributed by atoms with Crippen molar-refractivity contribution in [2.45, 2.75) is 76.3 Å². The highest BCUT2D eigenvalue weighted by Gasteiger charge is 2.39. The lowest BCUT2D eigenvalue weighted by molar-refractivity contribution is 0.357. The first kappa shape index (κ1) is 20.1. The molecule has 4 aromatic heterocycles. The van der Waals surface area contributed by atoms with E-state index in [1.54, 1.807) is 0 Å². The number of hydrogen-bond donors (Lipinski definition) is 3. The van der Waals surface area contributed by atoms with E-state index >= 15 is 0 Å². The molecule has 3 aliphatic rings. The number of nitrogens with one attached hydrogen (secondary N) is 2. The van der Waals surface area contributed by atoms with Gasteiger partial charge in [0.15, 0.2) is 11.5 Å². The number of hydrogen-bond acceptors (Lipinski definition) is 6. The minimum absolute atomic E-state index is 0.468. The van der Waals surface area contributed by atoms with E-state index in [4.69, 9.17) is 10.7 Å². The fourth-order valence-electron chi connectivity index (χ4n) is 5.99. The topological polar surface area (TPSA) is 110 Å². The van der Waals surface area contributed by atoms with E-state index in [0.29, 0.717) is 23.9 Å². The molecule has 0 aromatic carbocycles. The van der Waals surface area contributed by atoms with E-state index in [0.717, 1.165) is 58.3 Å². The van der Waals surface area contributed by atoms with Gasteiger partial charge in [0.05, 0.1) is 17.6 Å². The van der Waals surface area contributed by atoms with Crippen molar-refractivity contribution in [3.05, 3.63) is 47.2 Å². The minimum atomic E-state index is 0.468. The van der Waals surface area contributed by atoms with Crippen LogP contribution in [0.15, 0.2) is 24.5 Å². The number of nitrogens with two attached hydrogens (primary N) is 1. The zero-order chi connectivity index (χ0) is 23.0. The smallest absolute Gasteiger partial charge is 0.165 e. The summed E-state index contributed by atoms with van der Waals surface area (Å²) in [6.45, 7) is 4.02. The summed E-state index contributed by atoms with van der Waals surface area (Å²) in [6.07, 6.45) is 11.0. The molecule has 2 saturated heterocycles. The fraction of sp³-hybridized carbons (Fsp3) is 0.462. The van der Waals surface area contributed by atoms with Crippen LogP contribution in [0.25, 0.3) is 28.3 Å². The number of imidazole rings is 1. The highest BCUT2D eigenvalue weighted by Crippen LogP contribution is 2.48. The summed E-state index contributed by atoms with van der Waals surface area (Å²) < 4.78 is 1.84. The van der Waals surface area contributed by atoms with Crippen molar-refractivity contribution in [3.8, 4) is 22.6 Å². The molecular weight excluding hydrogens is 424 g/mol. The summed E-state index contributed by atoms with van der Waals surface area (Å²) in [7, 11) is 0. The SMILES string of the molecule is Cc1nc(-c2ccc(-c3cnn4c(N)c(C5CC5)c([C@H]5CC6CC[C@H](C5)N6)nc34)cn2)[nH]c1C. The van der Waals surface area contributed by atoms with E-state index in [1.807, 2.05) is 36.8 Å². The van der Waals surface area contributed by atoms with E-state index in [-0.39, 0.29) is 0 Å². The fourth-order valence-corrected chi connectivity index (χ4v) is 5.99. The molecule has 8 heteroatoms. The lowest BCUT2D eigenvalue weighted by Crippen LogP contribution is -2.37. The molecule has 0 amide bonds. The first-order chi connectivity index (χ1) is 16.5. The number of H-pyrrole nitrogens is 1. The Morgan fingerprint density at radius 3 is 2.41 bits per heavy atom. The molecule has 4 aromatic rings. The van der Waals surface area contributed by atoms with Crippen LogP contribution >= 0.6 is 0 Å². The number of piperidine rings is 1. The highest BCUT2D eigenvalue weighted by molar-refractivity contribution is 5.79. The summed E-state index contributed by atoms with van der Waals surface area (Å²) >= 11 is 0. The Bertz CT molecular complexity index is 1360. The number of nitrogens with zero attached hydrogens (tertiary/aromatic N) is 5. The standard InChI is InChI=1S/C26H30N8/c1-13-14(2)31-25(30-13)21-8-5-16(11-28-21)20-12-29-34-24(27)22(15-3-4-15)23(33-26(20)34)17-9-18-6-7-19(10-17)32-18/h5,8,11-12,15,17-19,32H,3-4,6-7,9-10,27H2,1-2H3,(H,30,31)/t17-,18-,19?/m1/s1. The summed E-state index contributed by atoms with van der Waals surface area (Å²) in [5.74, 6) is 2.56. The molecule has 0 spiro atoms. The van der Waals surface area contributed by atoms with Crippen molar-refractivity contribution < 1.29 is 0 Å². The van der Waals surface area contributed by atoms with Crippen LogP contribution in [0.3, 0.4) is 0 Å². The third kappa shape index (κ3) is 3.15. The van der Waals surface area contributed by atoms with Gasteiger partial charge in [-0.05, 0) is 64.4 Å². The summed E-state index contributed by atoms with van der Waals surface area (Å²) in [4.78, 5) is 17.9. The maximum atomic E-state index is 6.78. The van der Waals surface area contributed by atoms with Crippen LogP contribution in [0.5, 0.6) is 0 Å². The predicted molar refractivity (Wildman–Crippen MR) is 132 cm³/mol. The van der Waals surface area contributed by atoms with Crippen LogP contribution in [-0.4, -0.2) is 41.6 Å². The lowest BCUT2D eigenvalue weighted by Gasteiger charge is -2.30. The quantitative estimate of drug-likeness (QED) is 0.425. The second kappa shape index (κ2) is 7.37. The Morgan fingerprint density at radius 1 is 0.971 bits per heavy atom. The van der Waals surface area contributed by atoms with Crippen LogP contribution < -0.4 is 11.1 Å². The van der Waals surface area contributed by atoms with Crippen molar-refractivity contribution in [3.63, 3.8) is 0 Å². The van der Waals surface area contributed by atoms with E-state index in [9.17, 15) is 0 Å². The molecule has 8 nitrogen and oxygen atoms in total. The molecule has 34 heavy (non-hydrogen) atoms. The number of fused-ring (bicyclic) bond motifs is 3. The number of aromatic nitrogens is 6. The minimum Gasteiger partial charge on any atom is -0.383 e. The van der Waals surface area contributed by atoms with Crippen LogP contribution in [0.2, 0.25) is 0 Å². The third-order valence-electron chi connectivity index (χ3n) is 8.04. The second-order valence-electron chi connectivity index (χ2n) is 10.4. The first-order valence-corrected chi connectivity index (χ1v) is 12.5. The van der Waals surface area contributed by atoms with Gasteiger partial charge < -0.3 is 16.0 Å². The summed E-state index contributed by atoms with van der Waals surface area (Å²) in [5, 5.41) is 8.43. The molecule has 7 rings (SSSR count). The number of anilines is 1. The Labute approximate surface area is 198 Å². The molecule has 3 fully saturated rings. The second-order valence-corrected chi connectivity index (χ2v) is 10.4. The summed E-state index contributed by atoms with van der Waals surface area (Å²) in [5.41, 5.74) is 14.9. The molecule has 6 heterocycles. The van der Waals surface area contributed by atoms with E-state index in [2.05, 4.69) is 31.4 Å². The van der Waals surface area contributed by atoms with Gasteiger partial charge in [-0.3, -0.25) is 4.98 Å². The van der Waals surface area contributed by atoms with Crippen LogP contribution in [0, 0.1) is 13.8 Å². The van der Waals surface area contributed by atoms with Crippen molar-refractivity contribution in [2.24, 2.45) is 0 Å². The normalized spacial score (nSPS) is 24.2. The Kier molecular flexibility index (Phi) is 4.37. The molecule has 1 unspecified atom stereocenters. The molecule has 0 radical (unpaired) electrons. The van der Waals surface area contributed by atoms with Crippen molar-refractivity contribution in [2.75, 3.05) is 5.73 Å². The monoisotopic (exact) mass is 454 g/mol.